The third-order valence-corrected chi connectivity index (χ3v) is 4.87. The zero-order valence-electron chi connectivity index (χ0n) is 16.3. The fraction of sp³-hybridized carbons (Fsp3) is 0.381. The van der Waals surface area contributed by atoms with Gasteiger partial charge in [-0.3, -0.25) is 9.69 Å². The number of halogens is 1. The third kappa shape index (κ3) is 5.13. The summed E-state index contributed by atoms with van der Waals surface area (Å²) >= 11 is 0. The van der Waals surface area contributed by atoms with Gasteiger partial charge < -0.3 is 19.7 Å². The number of nitrogens with zero attached hydrogens (tertiary/aromatic N) is 2. The summed E-state index contributed by atoms with van der Waals surface area (Å²) in [6.45, 7) is 4.02. The lowest BCUT2D eigenvalue weighted by molar-refractivity contribution is -0.122. The van der Waals surface area contributed by atoms with E-state index >= 15 is 0 Å². The summed E-state index contributed by atoms with van der Waals surface area (Å²) in [4.78, 5) is 16.6. The Hall–Kier alpha value is -2.80. The van der Waals surface area contributed by atoms with Crippen LogP contribution < -0.4 is 19.7 Å². The predicted molar refractivity (Wildman–Crippen MR) is 106 cm³/mol. The van der Waals surface area contributed by atoms with Gasteiger partial charge in [-0.1, -0.05) is 6.07 Å². The average molecular weight is 387 g/mol. The minimum atomic E-state index is -0.228. The van der Waals surface area contributed by atoms with Crippen molar-refractivity contribution in [1.82, 2.24) is 10.2 Å². The second kappa shape index (κ2) is 9.41. The summed E-state index contributed by atoms with van der Waals surface area (Å²) in [5.74, 6) is 1.07. The highest BCUT2D eigenvalue weighted by Gasteiger charge is 2.19. The molecule has 0 unspecified atom stereocenters. The SMILES string of the molecule is COc1ccc(CNC(=O)CN2CCN(c3ccc(F)cc3)CC2)cc1OC. The fourth-order valence-corrected chi connectivity index (χ4v) is 3.27. The Morgan fingerprint density at radius 1 is 1.00 bits per heavy atom. The molecule has 0 aromatic heterocycles. The molecule has 2 aromatic carbocycles. The molecule has 1 heterocycles. The lowest BCUT2D eigenvalue weighted by Gasteiger charge is -2.35. The molecule has 1 amide bonds. The molecule has 6 nitrogen and oxygen atoms in total. The van der Waals surface area contributed by atoms with Gasteiger partial charge in [0.05, 0.1) is 20.8 Å². The molecular weight excluding hydrogens is 361 g/mol. The van der Waals surface area contributed by atoms with E-state index in [9.17, 15) is 9.18 Å². The van der Waals surface area contributed by atoms with Crippen molar-refractivity contribution in [1.29, 1.82) is 0 Å². The van der Waals surface area contributed by atoms with Gasteiger partial charge in [0.1, 0.15) is 5.82 Å². The predicted octanol–water partition coefficient (Wildman–Crippen LogP) is 2.28. The quantitative estimate of drug-likeness (QED) is 0.790. The van der Waals surface area contributed by atoms with E-state index in [0.29, 0.717) is 24.6 Å². The summed E-state index contributed by atoms with van der Waals surface area (Å²) in [6.07, 6.45) is 0. The van der Waals surface area contributed by atoms with Gasteiger partial charge in [-0.25, -0.2) is 4.39 Å². The first kappa shape index (κ1) is 19.9. The standard InChI is InChI=1S/C21H26FN3O3/c1-27-19-8-3-16(13-20(19)28-2)14-23-21(26)15-24-9-11-25(12-10-24)18-6-4-17(22)5-7-18/h3-8,13H,9-12,14-15H2,1-2H3,(H,23,26). The maximum absolute atomic E-state index is 13.1. The molecule has 1 saturated heterocycles. The molecule has 0 radical (unpaired) electrons. The maximum atomic E-state index is 13.1. The van der Waals surface area contributed by atoms with E-state index in [0.717, 1.165) is 37.4 Å². The first-order chi connectivity index (χ1) is 13.6. The molecule has 0 aliphatic carbocycles. The van der Waals surface area contributed by atoms with E-state index in [2.05, 4.69) is 15.1 Å². The number of piperazine rings is 1. The first-order valence-corrected chi connectivity index (χ1v) is 9.29. The van der Waals surface area contributed by atoms with Crippen molar-refractivity contribution in [2.45, 2.75) is 6.54 Å². The van der Waals surface area contributed by atoms with Crippen molar-refractivity contribution < 1.29 is 18.7 Å². The van der Waals surface area contributed by atoms with Gasteiger partial charge in [-0.15, -0.1) is 0 Å². The van der Waals surface area contributed by atoms with Gasteiger partial charge in [0.15, 0.2) is 11.5 Å². The van der Waals surface area contributed by atoms with Crippen molar-refractivity contribution in [2.75, 3.05) is 51.8 Å². The molecule has 2 aromatic rings. The number of methoxy groups -OCH3 is 2. The van der Waals surface area contributed by atoms with Crippen molar-refractivity contribution in [2.24, 2.45) is 0 Å². The highest BCUT2D eigenvalue weighted by atomic mass is 19.1. The second-order valence-corrected chi connectivity index (χ2v) is 6.71. The minimum absolute atomic E-state index is 0.00924. The molecule has 7 heteroatoms. The van der Waals surface area contributed by atoms with E-state index in [1.807, 2.05) is 18.2 Å². The molecule has 0 spiro atoms. The molecular formula is C21H26FN3O3. The summed E-state index contributed by atoms with van der Waals surface area (Å²) in [6, 6.07) is 12.1. The van der Waals surface area contributed by atoms with Gasteiger partial charge >= 0.3 is 0 Å². The van der Waals surface area contributed by atoms with Crippen LogP contribution in [0.3, 0.4) is 0 Å². The van der Waals surface area contributed by atoms with Crippen LogP contribution in [0.1, 0.15) is 5.56 Å². The van der Waals surface area contributed by atoms with Gasteiger partial charge in [-0.2, -0.15) is 0 Å². The van der Waals surface area contributed by atoms with Crippen LogP contribution in [0.15, 0.2) is 42.5 Å². The van der Waals surface area contributed by atoms with E-state index in [4.69, 9.17) is 9.47 Å². The Kier molecular flexibility index (Phi) is 6.71. The van der Waals surface area contributed by atoms with E-state index < -0.39 is 0 Å². The van der Waals surface area contributed by atoms with Gasteiger partial charge in [-0.05, 0) is 42.0 Å². The van der Waals surface area contributed by atoms with Crippen LogP contribution in [0.2, 0.25) is 0 Å². The van der Waals surface area contributed by atoms with Crippen LogP contribution in [-0.2, 0) is 11.3 Å². The van der Waals surface area contributed by atoms with Crippen LogP contribution in [-0.4, -0.2) is 57.8 Å². The Morgan fingerprint density at radius 2 is 1.68 bits per heavy atom. The molecule has 1 aliphatic rings. The average Bonchev–Trinajstić information content (AvgIpc) is 2.73. The molecule has 150 valence electrons. The van der Waals surface area contributed by atoms with Crippen LogP contribution >= 0.6 is 0 Å². The highest BCUT2D eigenvalue weighted by molar-refractivity contribution is 5.78. The first-order valence-electron chi connectivity index (χ1n) is 9.29. The number of anilines is 1. The molecule has 1 aliphatic heterocycles. The third-order valence-electron chi connectivity index (χ3n) is 4.87. The summed E-state index contributed by atoms with van der Waals surface area (Å²) in [5.41, 5.74) is 1.96. The number of amides is 1. The van der Waals surface area contributed by atoms with E-state index in [1.165, 1.54) is 12.1 Å². The lowest BCUT2D eigenvalue weighted by Crippen LogP contribution is -2.49. The Labute approximate surface area is 164 Å². The highest BCUT2D eigenvalue weighted by Crippen LogP contribution is 2.27. The van der Waals surface area contributed by atoms with Crippen LogP contribution in [0, 0.1) is 5.82 Å². The normalized spacial score (nSPS) is 14.6. The van der Waals surface area contributed by atoms with Crippen molar-refractivity contribution >= 4 is 11.6 Å². The van der Waals surface area contributed by atoms with Crippen LogP contribution in [0.4, 0.5) is 10.1 Å². The summed E-state index contributed by atoms with van der Waals surface area (Å²) < 4.78 is 23.6. The number of carbonyl (C=O) groups is 1. The van der Waals surface area contributed by atoms with Gasteiger partial charge in [0.2, 0.25) is 5.91 Å². The number of ether oxygens (including phenoxy) is 2. The summed E-state index contributed by atoms with van der Waals surface area (Å²) in [7, 11) is 3.18. The van der Waals surface area contributed by atoms with Gasteiger partial charge in [0.25, 0.3) is 0 Å². The smallest absolute Gasteiger partial charge is 0.234 e. The largest absolute Gasteiger partial charge is 0.493 e. The number of benzene rings is 2. The minimum Gasteiger partial charge on any atom is -0.493 e. The van der Waals surface area contributed by atoms with Crippen molar-refractivity contribution in [3.63, 3.8) is 0 Å². The molecule has 0 saturated carbocycles. The molecule has 0 bridgehead atoms. The molecule has 3 rings (SSSR count). The molecule has 1 N–H and O–H groups in total. The Balaban J connectivity index is 1.44. The maximum Gasteiger partial charge on any atom is 0.234 e. The van der Waals surface area contributed by atoms with E-state index in [-0.39, 0.29) is 11.7 Å². The lowest BCUT2D eigenvalue weighted by atomic mass is 10.2. The van der Waals surface area contributed by atoms with Crippen LogP contribution in [0.5, 0.6) is 11.5 Å². The van der Waals surface area contributed by atoms with E-state index in [1.54, 1.807) is 26.4 Å². The van der Waals surface area contributed by atoms with Crippen LogP contribution in [0.25, 0.3) is 0 Å². The van der Waals surface area contributed by atoms with Crippen molar-refractivity contribution in [3.8, 4) is 11.5 Å². The molecule has 1 fully saturated rings. The Morgan fingerprint density at radius 3 is 2.32 bits per heavy atom. The van der Waals surface area contributed by atoms with Crippen molar-refractivity contribution in [3.05, 3.63) is 53.8 Å². The molecule has 28 heavy (non-hydrogen) atoms. The number of rotatable bonds is 7. The second-order valence-electron chi connectivity index (χ2n) is 6.71. The number of carbonyl (C=O) groups excluding carboxylic acids is 1. The fourth-order valence-electron chi connectivity index (χ4n) is 3.27. The molecule has 0 atom stereocenters. The topological polar surface area (TPSA) is 54.0 Å². The Bertz CT molecular complexity index is 790. The number of hydrogen-bond donors (Lipinski definition) is 1. The summed E-state index contributed by atoms with van der Waals surface area (Å²) in [5, 5.41) is 2.95. The van der Waals surface area contributed by atoms with Gasteiger partial charge in [0, 0.05) is 38.4 Å². The zero-order valence-corrected chi connectivity index (χ0v) is 16.3. The zero-order chi connectivity index (χ0) is 19.9. The number of nitrogens with one attached hydrogen (secondary N) is 1. The monoisotopic (exact) mass is 387 g/mol. The number of hydrogen-bond acceptors (Lipinski definition) is 5.